The van der Waals surface area contributed by atoms with E-state index < -0.39 is 0 Å². The molecule has 0 aromatic heterocycles. The molecule has 0 spiro atoms. The first kappa shape index (κ1) is 15.2. The van der Waals surface area contributed by atoms with Crippen LogP contribution in [-0.4, -0.2) is 17.7 Å². The van der Waals surface area contributed by atoms with Crippen LogP contribution in [0.1, 0.15) is 66.7 Å². The van der Waals surface area contributed by atoms with Gasteiger partial charge in [0, 0.05) is 19.4 Å². The minimum Gasteiger partial charge on any atom is -0.354 e. The molecule has 0 aliphatic heterocycles. The molecule has 1 amide bonds. The quantitative estimate of drug-likeness (QED) is 0.837. The number of carbonyl (C=O) groups excluding carboxylic acids is 2. The van der Waals surface area contributed by atoms with E-state index in [0.717, 1.165) is 25.7 Å². The van der Waals surface area contributed by atoms with E-state index in [1.807, 2.05) is 0 Å². The van der Waals surface area contributed by atoms with Gasteiger partial charge in [0.15, 0.2) is 0 Å². The van der Waals surface area contributed by atoms with Crippen molar-refractivity contribution in [3.8, 4) is 0 Å². The molecule has 1 rings (SSSR count). The molecule has 3 nitrogen and oxygen atoms in total. The molecule has 0 aromatic rings. The van der Waals surface area contributed by atoms with Crippen LogP contribution in [0.15, 0.2) is 0 Å². The molecule has 1 aliphatic rings. The van der Waals surface area contributed by atoms with Gasteiger partial charge in [-0.1, -0.05) is 20.8 Å². The van der Waals surface area contributed by atoms with Crippen LogP contribution in [0, 0.1) is 10.8 Å². The van der Waals surface area contributed by atoms with Crippen LogP contribution in [0.3, 0.4) is 0 Å². The van der Waals surface area contributed by atoms with E-state index in [2.05, 4.69) is 26.1 Å². The van der Waals surface area contributed by atoms with E-state index in [9.17, 15) is 9.59 Å². The van der Waals surface area contributed by atoms with Gasteiger partial charge < -0.3 is 10.1 Å². The summed E-state index contributed by atoms with van der Waals surface area (Å²) in [5.41, 5.74) is 0.400. The minimum atomic E-state index is 0.0478. The Labute approximate surface area is 111 Å². The van der Waals surface area contributed by atoms with Crippen LogP contribution in [0.4, 0.5) is 0 Å². The molecule has 1 saturated carbocycles. The Balaban J connectivity index is 2.72. The lowest BCUT2D eigenvalue weighted by molar-refractivity contribution is -0.121. The van der Waals surface area contributed by atoms with Crippen molar-refractivity contribution in [2.45, 2.75) is 72.8 Å². The van der Waals surface area contributed by atoms with Crippen LogP contribution >= 0.6 is 0 Å². The molecule has 1 aliphatic carbocycles. The summed E-state index contributed by atoms with van der Waals surface area (Å²) in [5.74, 6) is 0.308. The zero-order chi connectivity index (χ0) is 14.0. The molecule has 3 heteroatoms. The molecule has 0 bridgehead atoms. The minimum absolute atomic E-state index is 0.0478. The van der Waals surface area contributed by atoms with E-state index in [1.54, 1.807) is 13.8 Å². The van der Waals surface area contributed by atoms with Crippen LogP contribution in [0.2, 0.25) is 0 Å². The van der Waals surface area contributed by atoms with E-state index in [1.165, 1.54) is 0 Å². The number of ketones is 1. The fourth-order valence-corrected chi connectivity index (χ4v) is 3.69. The van der Waals surface area contributed by atoms with Gasteiger partial charge in [-0.05, 0) is 43.4 Å². The predicted molar refractivity (Wildman–Crippen MR) is 73.3 cm³/mol. The van der Waals surface area contributed by atoms with Crippen molar-refractivity contribution in [3.05, 3.63) is 0 Å². The lowest BCUT2D eigenvalue weighted by Crippen LogP contribution is -2.46. The van der Waals surface area contributed by atoms with Gasteiger partial charge in [-0.3, -0.25) is 4.79 Å². The number of hydrogen-bond donors (Lipinski definition) is 1. The largest absolute Gasteiger partial charge is 0.354 e. The van der Waals surface area contributed by atoms with Gasteiger partial charge in [0.1, 0.15) is 5.78 Å². The van der Waals surface area contributed by atoms with Crippen LogP contribution in [-0.2, 0) is 9.59 Å². The predicted octanol–water partition coefficient (Wildman–Crippen LogP) is 3.08. The molecular formula is C15H27NO2. The third-order valence-corrected chi connectivity index (χ3v) is 3.93. The van der Waals surface area contributed by atoms with Gasteiger partial charge in [-0.2, -0.15) is 0 Å². The van der Waals surface area contributed by atoms with Gasteiger partial charge in [0.05, 0.1) is 0 Å². The second-order valence-corrected chi connectivity index (χ2v) is 7.16. The maximum absolute atomic E-state index is 11.2. The highest BCUT2D eigenvalue weighted by atomic mass is 16.1. The van der Waals surface area contributed by atoms with E-state index in [0.29, 0.717) is 6.42 Å². The standard InChI is InChI=1S/C15H27NO2/c1-11(17)6-7-15(5)9-13(16-12(2)18)8-14(3,4)10-15/h13H,6-10H2,1-5H3,(H,16,18). The summed E-state index contributed by atoms with van der Waals surface area (Å²) < 4.78 is 0. The lowest BCUT2D eigenvalue weighted by Gasteiger charge is -2.47. The Morgan fingerprint density at radius 3 is 2.28 bits per heavy atom. The number of rotatable bonds is 4. The Hall–Kier alpha value is -0.860. The third kappa shape index (κ3) is 4.79. The Morgan fingerprint density at radius 1 is 1.17 bits per heavy atom. The molecule has 1 fully saturated rings. The maximum atomic E-state index is 11.2. The van der Waals surface area contributed by atoms with Crippen LogP contribution in [0.5, 0.6) is 0 Å². The Bertz CT molecular complexity index is 335. The van der Waals surface area contributed by atoms with Crippen molar-refractivity contribution < 1.29 is 9.59 Å². The fourth-order valence-electron chi connectivity index (χ4n) is 3.69. The van der Waals surface area contributed by atoms with Crippen molar-refractivity contribution in [3.63, 3.8) is 0 Å². The number of nitrogens with one attached hydrogen (secondary N) is 1. The SMILES string of the molecule is CC(=O)CCC1(C)CC(NC(C)=O)CC(C)(C)C1. The molecule has 0 heterocycles. The second kappa shape index (κ2) is 5.41. The third-order valence-electron chi connectivity index (χ3n) is 3.93. The smallest absolute Gasteiger partial charge is 0.217 e. The molecule has 2 unspecified atom stereocenters. The first-order valence-corrected chi connectivity index (χ1v) is 6.88. The van der Waals surface area contributed by atoms with Gasteiger partial charge >= 0.3 is 0 Å². The first-order chi connectivity index (χ1) is 8.12. The zero-order valence-corrected chi connectivity index (χ0v) is 12.4. The van der Waals surface area contributed by atoms with E-state index in [4.69, 9.17) is 0 Å². The topological polar surface area (TPSA) is 46.2 Å². The number of hydrogen-bond acceptors (Lipinski definition) is 2. The Morgan fingerprint density at radius 2 is 1.78 bits per heavy atom. The maximum Gasteiger partial charge on any atom is 0.217 e. The van der Waals surface area contributed by atoms with Gasteiger partial charge in [-0.25, -0.2) is 0 Å². The number of Topliss-reactive ketones (excluding diaryl/α,β-unsaturated/α-hetero) is 1. The van der Waals surface area contributed by atoms with E-state index in [-0.39, 0.29) is 28.6 Å². The normalized spacial score (nSPS) is 30.8. The van der Waals surface area contributed by atoms with Gasteiger partial charge in [0.25, 0.3) is 0 Å². The summed E-state index contributed by atoms with van der Waals surface area (Å²) in [4.78, 5) is 22.4. The molecule has 104 valence electrons. The van der Waals surface area contributed by atoms with Crippen molar-refractivity contribution in [2.24, 2.45) is 10.8 Å². The summed E-state index contributed by atoms with van der Waals surface area (Å²) in [6, 6.07) is 0.253. The van der Waals surface area contributed by atoms with Gasteiger partial charge in [0.2, 0.25) is 5.91 Å². The molecule has 1 N–H and O–H groups in total. The van der Waals surface area contributed by atoms with E-state index >= 15 is 0 Å². The molecule has 0 aromatic carbocycles. The number of carbonyl (C=O) groups is 2. The lowest BCUT2D eigenvalue weighted by atomic mass is 9.61. The monoisotopic (exact) mass is 253 g/mol. The molecule has 0 saturated heterocycles. The molecular weight excluding hydrogens is 226 g/mol. The summed E-state index contributed by atoms with van der Waals surface area (Å²) in [6.45, 7) is 10.0. The highest BCUT2D eigenvalue weighted by Crippen LogP contribution is 2.48. The average molecular weight is 253 g/mol. The molecule has 0 radical (unpaired) electrons. The summed E-state index contributed by atoms with van der Waals surface area (Å²) in [5, 5.41) is 3.06. The molecule has 18 heavy (non-hydrogen) atoms. The van der Waals surface area contributed by atoms with Crippen molar-refractivity contribution >= 4 is 11.7 Å². The highest BCUT2D eigenvalue weighted by Gasteiger charge is 2.41. The molecule has 2 atom stereocenters. The second-order valence-electron chi connectivity index (χ2n) is 7.16. The van der Waals surface area contributed by atoms with Crippen LogP contribution < -0.4 is 5.32 Å². The summed E-state index contributed by atoms with van der Waals surface area (Å²) >= 11 is 0. The van der Waals surface area contributed by atoms with Gasteiger partial charge in [-0.15, -0.1) is 0 Å². The summed E-state index contributed by atoms with van der Waals surface area (Å²) in [6.07, 6.45) is 4.73. The van der Waals surface area contributed by atoms with Crippen molar-refractivity contribution in [1.29, 1.82) is 0 Å². The van der Waals surface area contributed by atoms with Crippen LogP contribution in [0.25, 0.3) is 0 Å². The summed E-state index contributed by atoms with van der Waals surface area (Å²) in [7, 11) is 0. The Kier molecular flexibility index (Phi) is 4.57. The fraction of sp³-hybridized carbons (Fsp3) is 0.867. The average Bonchev–Trinajstić information content (AvgIpc) is 2.10. The highest BCUT2D eigenvalue weighted by molar-refractivity contribution is 5.75. The zero-order valence-electron chi connectivity index (χ0n) is 12.4. The van der Waals surface area contributed by atoms with Crippen molar-refractivity contribution in [1.82, 2.24) is 5.32 Å². The van der Waals surface area contributed by atoms with Crippen molar-refractivity contribution in [2.75, 3.05) is 0 Å². The number of amides is 1. The first-order valence-electron chi connectivity index (χ1n) is 6.88.